The lowest BCUT2D eigenvalue weighted by Gasteiger charge is -2.32. The van der Waals surface area contributed by atoms with Gasteiger partial charge in [0.15, 0.2) is 0 Å². The van der Waals surface area contributed by atoms with Crippen LogP contribution in [-0.2, 0) is 0 Å². The molecular formula is C18H38N8. The quantitative estimate of drug-likeness (QED) is 0.403. The van der Waals surface area contributed by atoms with E-state index in [9.17, 15) is 0 Å². The normalized spacial score (nSPS) is 20.7. The standard InChI is InChI=1S/C7H13N5.C7H13N3.2C2H6/c1-11-2-4-12(5-3-11)7(9)10-6-8;1-10-5-4-9-7(6-10)2-3-8;2*1-2/h2-5H2,1H3,(H2,9,10);7,9H,2,4-6H2,1H3;2*1-2H3. The maximum atomic E-state index is 8.40. The number of nitriles is 2. The molecule has 0 aromatic rings. The van der Waals surface area contributed by atoms with Gasteiger partial charge >= 0.3 is 0 Å². The number of guanidine groups is 1. The van der Waals surface area contributed by atoms with E-state index in [1.54, 1.807) is 6.19 Å². The Hall–Kier alpha value is -1.87. The molecule has 3 N–H and O–H groups in total. The molecule has 0 saturated carbocycles. The average Bonchev–Trinajstić information content (AvgIpc) is 2.67. The molecule has 26 heavy (non-hydrogen) atoms. The number of rotatable bonds is 1. The first-order valence-electron chi connectivity index (χ1n) is 9.51. The molecule has 2 saturated heterocycles. The van der Waals surface area contributed by atoms with Crippen molar-refractivity contribution in [1.29, 1.82) is 10.5 Å². The van der Waals surface area contributed by atoms with Crippen LogP contribution in [0.25, 0.3) is 0 Å². The first-order chi connectivity index (χ1) is 12.6. The third kappa shape index (κ3) is 12.5. The molecule has 1 atom stereocenters. The molecule has 2 aliphatic heterocycles. The molecule has 8 heteroatoms. The minimum absolute atomic E-state index is 0.339. The van der Waals surface area contributed by atoms with Crippen LogP contribution in [0.1, 0.15) is 34.1 Å². The number of likely N-dealkylation sites (N-methyl/N-ethyl adjacent to an activating group) is 2. The van der Waals surface area contributed by atoms with Crippen molar-refractivity contribution in [3.05, 3.63) is 0 Å². The number of nitrogens with one attached hydrogen (secondary N) is 1. The summed E-state index contributed by atoms with van der Waals surface area (Å²) in [6.07, 6.45) is 2.31. The van der Waals surface area contributed by atoms with Gasteiger partial charge in [0.1, 0.15) is 0 Å². The molecule has 8 nitrogen and oxygen atoms in total. The summed E-state index contributed by atoms with van der Waals surface area (Å²) in [7, 11) is 4.15. The van der Waals surface area contributed by atoms with Crippen LogP contribution < -0.4 is 11.1 Å². The average molecular weight is 367 g/mol. The Balaban J connectivity index is 0. The molecular weight excluding hydrogens is 328 g/mol. The summed E-state index contributed by atoms with van der Waals surface area (Å²) < 4.78 is 0. The lowest BCUT2D eigenvalue weighted by atomic mass is 10.2. The summed E-state index contributed by atoms with van der Waals surface area (Å²) >= 11 is 0. The second-order valence-electron chi connectivity index (χ2n) is 5.64. The number of nitrogens with zero attached hydrogens (tertiary/aromatic N) is 6. The van der Waals surface area contributed by atoms with Gasteiger partial charge < -0.3 is 25.8 Å². The van der Waals surface area contributed by atoms with Crippen molar-refractivity contribution >= 4 is 5.96 Å². The van der Waals surface area contributed by atoms with E-state index in [-0.39, 0.29) is 0 Å². The predicted molar refractivity (Wildman–Crippen MR) is 109 cm³/mol. The molecule has 0 aromatic carbocycles. The Morgan fingerprint density at radius 1 is 1.04 bits per heavy atom. The molecule has 0 spiro atoms. The van der Waals surface area contributed by atoms with Crippen molar-refractivity contribution in [1.82, 2.24) is 20.0 Å². The van der Waals surface area contributed by atoms with Crippen LogP contribution in [0.15, 0.2) is 4.99 Å². The zero-order valence-corrected chi connectivity index (χ0v) is 17.5. The third-order valence-corrected chi connectivity index (χ3v) is 3.79. The molecule has 150 valence electrons. The fourth-order valence-corrected chi connectivity index (χ4v) is 2.40. The van der Waals surface area contributed by atoms with E-state index >= 15 is 0 Å². The summed E-state index contributed by atoms with van der Waals surface area (Å²) in [6.45, 7) is 14.8. The van der Waals surface area contributed by atoms with Gasteiger partial charge in [-0.3, -0.25) is 0 Å². The number of hydrogen-bond donors (Lipinski definition) is 2. The second-order valence-corrected chi connectivity index (χ2v) is 5.64. The van der Waals surface area contributed by atoms with Crippen LogP contribution in [0, 0.1) is 22.8 Å². The smallest absolute Gasteiger partial charge is 0.209 e. The topological polar surface area (TPSA) is 108 Å². The summed E-state index contributed by atoms with van der Waals surface area (Å²) in [5, 5.41) is 19.9. The van der Waals surface area contributed by atoms with E-state index in [0.29, 0.717) is 18.4 Å². The zero-order chi connectivity index (χ0) is 20.4. The molecule has 1 unspecified atom stereocenters. The van der Waals surface area contributed by atoms with Gasteiger partial charge in [-0.05, 0) is 14.1 Å². The largest absolute Gasteiger partial charge is 0.369 e. The fraction of sp³-hybridized carbons (Fsp3) is 0.833. The highest BCUT2D eigenvalue weighted by atomic mass is 15.3. The zero-order valence-electron chi connectivity index (χ0n) is 17.5. The molecule has 0 bridgehead atoms. The molecule has 2 heterocycles. The van der Waals surface area contributed by atoms with Gasteiger partial charge in [-0.25, -0.2) is 0 Å². The van der Waals surface area contributed by atoms with Gasteiger partial charge in [-0.2, -0.15) is 10.5 Å². The Bertz CT molecular complexity index is 429. The van der Waals surface area contributed by atoms with Gasteiger partial charge in [-0.1, -0.05) is 27.7 Å². The van der Waals surface area contributed by atoms with E-state index in [1.165, 1.54) is 0 Å². The van der Waals surface area contributed by atoms with Crippen molar-refractivity contribution in [2.45, 2.75) is 40.2 Å². The van der Waals surface area contributed by atoms with Gasteiger partial charge in [0.2, 0.25) is 12.2 Å². The molecule has 0 amide bonds. The van der Waals surface area contributed by atoms with Gasteiger partial charge in [0.25, 0.3) is 0 Å². The Morgan fingerprint density at radius 2 is 1.62 bits per heavy atom. The SMILES string of the molecule is CC.CC.CN1CCN(C(N)=NC#N)CC1.CN1CCNC(CC#N)C1. The number of hydrogen-bond acceptors (Lipinski definition) is 6. The van der Waals surface area contributed by atoms with E-state index in [0.717, 1.165) is 45.8 Å². The number of piperazine rings is 2. The Morgan fingerprint density at radius 3 is 2.08 bits per heavy atom. The van der Waals surface area contributed by atoms with Gasteiger partial charge in [-0.15, -0.1) is 4.99 Å². The number of nitrogens with two attached hydrogens (primary N) is 1. The van der Waals surface area contributed by atoms with Crippen LogP contribution in [-0.4, -0.2) is 86.6 Å². The minimum Gasteiger partial charge on any atom is -0.369 e. The highest BCUT2D eigenvalue weighted by molar-refractivity contribution is 5.79. The summed E-state index contributed by atoms with van der Waals surface area (Å²) in [5.74, 6) is 0.339. The lowest BCUT2D eigenvalue weighted by Crippen LogP contribution is -2.49. The maximum Gasteiger partial charge on any atom is 0.209 e. The fourth-order valence-electron chi connectivity index (χ4n) is 2.40. The Labute approximate surface area is 160 Å². The van der Waals surface area contributed by atoms with Crippen LogP contribution in [0.5, 0.6) is 0 Å². The summed E-state index contributed by atoms with van der Waals surface area (Å²) in [6, 6.07) is 2.56. The van der Waals surface area contributed by atoms with Crippen molar-refractivity contribution in [3.8, 4) is 12.3 Å². The highest BCUT2D eigenvalue weighted by Crippen LogP contribution is 1.98. The maximum absolute atomic E-state index is 8.40. The van der Waals surface area contributed by atoms with E-state index in [2.05, 4.69) is 40.3 Å². The molecule has 2 rings (SSSR count). The molecule has 0 radical (unpaired) electrons. The van der Waals surface area contributed by atoms with Gasteiger partial charge in [0, 0.05) is 51.9 Å². The van der Waals surface area contributed by atoms with Gasteiger partial charge in [0.05, 0.1) is 12.5 Å². The summed E-state index contributed by atoms with van der Waals surface area (Å²) in [5.41, 5.74) is 5.54. The third-order valence-electron chi connectivity index (χ3n) is 3.79. The molecule has 2 aliphatic rings. The van der Waals surface area contributed by atoms with Crippen LogP contribution >= 0.6 is 0 Å². The Kier molecular flexibility index (Phi) is 18.2. The molecule has 0 aromatic heterocycles. The van der Waals surface area contributed by atoms with E-state index in [1.807, 2.05) is 32.6 Å². The van der Waals surface area contributed by atoms with Crippen molar-refractivity contribution < 1.29 is 0 Å². The first-order valence-corrected chi connectivity index (χ1v) is 9.51. The molecule has 2 fully saturated rings. The number of aliphatic imine (C=N–C) groups is 1. The van der Waals surface area contributed by atoms with E-state index < -0.39 is 0 Å². The second kappa shape index (κ2) is 17.9. The van der Waals surface area contributed by atoms with Crippen molar-refractivity contribution in [2.24, 2.45) is 10.7 Å². The predicted octanol–water partition coefficient (Wildman–Crippen LogP) is 0.886. The van der Waals surface area contributed by atoms with Crippen molar-refractivity contribution in [3.63, 3.8) is 0 Å². The van der Waals surface area contributed by atoms with E-state index in [4.69, 9.17) is 16.3 Å². The lowest BCUT2D eigenvalue weighted by molar-refractivity contribution is 0.214. The first kappa shape index (κ1) is 26.4. The summed E-state index contributed by atoms with van der Waals surface area (Å²) in [4.78, 5) is 9.87. The molecule has 0 aliphatic carbocycles. The van der Waals surface area contributed by atoms with Crippen LogP contribution in [0.3, 0.4) is 0 Å². The monoisotopic (exact) mass is 366 g/mol. The van der Waals surface area contributed by atoms with Crippen molar-refractivity contribution in [2.75, 3.05) is 59.9 Å². The van der Waals surface area contributed by atoms with Crippen LogP contribution in [0.2, 0.25) is 0 Å². The minimum atomic E-state index is 0.339. The van der Waals surface area contributed by atoms with Crippen LogP contribution in [0.4, 0.5) is 0 Å². The highest BCUT2D eigenvalue weighted by Gasteiger charge is 2.15.